The van der Waals surface area contributed by atoms with Crippen molar-refractivity contribution < 1.29 is 115 Å². The number of rotatable bonds is 16. The first-order valence-electron chi connectivity index (χ1n) is 17.4. The molecule has 24 heteroatoms. The third-order valence-corrected chi connectivity index (χ3v) is 10.1. The summed E-state index contributed by atoms with van der Waals surface area (Å²) in [5, 5.41) is 168. The van der Waals surface area contributed by atoms with Crippen LogP contribution in [0, 0.1) is 0 Å². The molecule has 320 valence electrons. The van der Waals surface area contributed by atoms with Crippen molar-refractivity contribution in [2.75, 3.05) is 33.0 Å². The minimum Gasteiger partial charge on any atom is -0.394 e. The zero-order valence-corrected chi connectivity index (χ0v) is 29.3. The maximum absolute atomic E-state index is 11.8. The van der Waals surface area contributed by atoms with E-state index >= 15 is 0 Å². The van der Waals surface area contributed by atoms with Crippen LogP contribution in [0.1, 0.15) is 6.92 Å². The molecule has 0 radical (unpaired) electrons. The van der Waals surface area contributed by atoms with Gasteiger partial charge in [-0.05, 0) is 12.5 Å². The van der Waals surface area contributed by atoms with Crippen LogP contribution in [0.25, 0.3) is 0 Å². The van der Waals surface area contributed by atoms with Gasteiger partial charge in [-0.2, -0.15) is 0 Å². The van der Waals surface area contributed by atoms with Crippen molar-refractivity contribution in [2.45, 2.75) is 142 Å². The Morgan fingerprint density at radius 2 is 1.22 bits per heavy atom. The van der Waals surface area contributed by atoms with Crippen LogP contribution in [0.5, 0.6) is 0 Å². The topological polar surface area (TPSA) is 408 Å². The lowest BCUT2D eigenvalue weighted by molar-refractivity contribution is -0.379. The third-order valence-electron chi connectivity index (χ3n) is 10.1. The highest BCUT2D eigenvalue weighted by atomic mass is 16.8. The molecule has 0 aromatic rings. The molecule has 3 fully saturated rings. The minimum absolute atomic E-state index is 0.0113. The number of carbonyl (C=O) groups excluding carboxylic acids is 1. The Kier molecular flexibility index (Phi) is 16.8. The van der Waals surface area contributed by atoms with Crippen molar-refractivity contribution in [3.63, 3.8) is 0 Å². The molecule has 1 aliphatic carbocycles. The molecular weight excluding hydrogens is 754 g/mol. The molecule has 22 atom stereocenters. The Labute approximate surface area is 312 Å². The average Bonchev–Trinajstić information content (AvgIpc) is 3.18. The van der Waals surface area contributed by atoms with E-state index in [1.165, 1.54) is 13.0 Å². The van der Waals surface area contributed by atoms with Crippen molar-refractivity contribution in [2.24, 2.45) is 0 Å². The lowest BCUT2D eigenvalue weighted by Gasteiger charge is -2.49. The zero-order valence-electron chi connectivity index (χ0n) is 29.3. The summed E-state index contributed by atoms with van der Waals surface area (Å²) in [5.74, 6) is -1.24. The Morgan fingerprint density at radius 3 is 1.73 bits per heavy atom. The molecule has 55 heavy (non-hydrogen) atoms. The Hall–Kier alpha value is -1.51. The summed E-state index contributed by atoms with van der Waals surface area (Å²) in [7, 11) is 0. The number of aliphatic hydroxyl groups excluding tert-OH is 16. The van der Waals surface area contributed by atoms with E-state index in [0.717, 1.165) is 0 Å². The Balaban J connectivity index is 1.42. The van der Waals surface area contributed by atoms with Gasteiger partial charge in [-0.1, -0.05) is 6.08 Å². The molecule has 0 amide bonds. The summed E-state index contributed by atoms with van der Waals surface area (Å²) in [6.07, 6.45) is -35.1. The van der Waals surface area contributed by atoms with Crippen LogP contribution < -0.4 is 5.32 Å². The zero-order chi connectivity index (χ0) is 41.0. The fourth-order valence-electron chi connectivity index (χ4n) is 6.82. The number of nitrogens with one attached hydrogen (secondary N) is 1. The molecule has 22 unspecified atom stereocenters. The molecule has 17 N–H and O–H groups in total. The molecule has 3 saturated heterocycles. The van der Waals surface area contributed by atoms with Crippen LogP contribution in [0.4, 0.5) is 0 Å². The minimum atomic E-state index is -2.23. The van der Waals surface area contributed by atoms with Crippen LogP contribution in [0.2, 0.25) is 0 Å². The lowest BCUT2D eigenvalue weighted by atomic mass is 9.86. The van der Waals surface area contributed by atoms with Crippen molar-refractivity contribution in [1.29, 1.82) is 0 Å². The molecule has 0 aromatic heterocycles. The van der Waals surface area contributed by atoms with Gasteiger partial charge in [0.2, 0.25) is 0 Å². The van der Waals surface area contributed by atoms with E-state index in [2.05, 4.69) is 5.32 Å². The first-order valence-corrected chi connectivity index (χ1v) is 17.4. The number of aliphatic hydroxyl groups is 16. The van der Waals surface area contributed by atoms with Gasteiger partial charge in [0.1, 0.15) is 104 Å². The van der Waals surface area contributed by atoms with E-state index in [9.17, 15) is 81.4 Å². The predicted octanol–water partition coefficient (Wildman–Crippen LogP) is -10.9. The van der Waals surface area contributed by atoms with E-state index in [4.69, 9.17) is 33.5 Å². The van der Waals surface area contributed by atoms with Gasteiger partial charge in [0.15, 0.2) is 24.7 Å². The summed E-state index contributed by atoms with van der Waals surface area (Å²) in [4.78, 5) is 11.8. The van der Waals surface area contributed by atoms with E-state index in [0.29, 0.717) is 0 Å². The summed E-state index contributed by atoms with van der Waals surface area (Å²) in [6.45, 7) is -3.37. The quantitative estimate of drug-likeness (QED) is 0.0644. The third kappa shape index (κ3) is 9.86. The summed E-state index contributed by atoms with van der Waals surface area (Å²) in [6, 6.07) is -2.28. The van der Waals surface area contributed by atoms with Crippen LogP contribution in [0.3, 0.4) is 0 Å². The van der Waals surface area contributed by atoms with Gasteiger partial charge in [-0.3, -0.25) is 4.79 Å². The normalized spacial score (nSPS) is 45.8. The molecule has 3 aliphatic heterocycles. The second-order valence-corrected chi connectivity index (χ2v) is 13.8. The van der Waals surface area contributed by atoms with Crippen molar-refractivity contribution >= 4 is 5.78 Å². The summed E-state index contributed by atoms with van der Waals surface area (Å²) >= 11 is 0. The number of ketones is 1. The van der Waals surface area contributed by atoms with E-state index in [1.807, 2.05) is 0 Å². The van der Waals surface area contributed by atoms with E-state index in [-0.39, 0.29) is 5.57 Å². The van der Waals surface area contributed by atoms with Gasteiger partial charge in [0.25, 0.3) is 0 Å². The standard InChI is InChI=1S/C31H53NO23/c1-8-15(32-10-2-9(3-33)16(40)20(44)17(10)41)19(43)23(47)29(50-8)54-27-13(6-36)52-31(25(49)22(27)46)55-28-14(7-37)51-30(24(48)21(28)45)53-26(12(39)5-35)18(42)11(38)4-34/h2,8,10,12-37,39-49H,3-7H2,1H3. The first-order chi connectivity index (χ1) is 25.9. The smallest absolute Gasteiger partial charge is 0.189 e. The highest BCUT2D eigenvalue weighted by molar-refractivity contribution is 5.84. The SMILES string of the molecule is CC1OC(OC2C(CO)OC(OC3C(CO)OC(OC(C(O)CO)C(O)C(=O)CO)C(O)C3O)C(O)C2O)C(O)C(O)C1NC1C=C(CO)C(O)C(O)C1O. The second kappa shape index (κ2) is 20.0. The van der Waals surface area contributed by atoms with Gasteiger partial charge in [-0.25, -0.2) is 0 Å². The average molecular weight is 808 g/mol. The number of hydrogen-bond acceptors (Lipinski definition) is 24. The molecule has 0 aromatic carbocycles. The highest BCUT2D eigenvalue weighted by Gasteiger charge is 2.54. The maximum atomic E-state index is 11.8. The monoisotopic (exact) mass is 807 g/mol. The van der Waals surface area contributed by atoms with E-state index in [1.54, 1.807) is 0 Å². The highest BCUT2D eigenvalue weighted by Crippen LogP contribution is 2.33. The molecule has 0 saturated carbocycles. The van der Waals surface area contributed by atoms with Gasteiger partial charge < -0.3 is 115 Å². The van der Waals surface area contributed by atoms with Crippen LogP contribution >= 0.6 is 0 Å². The molecule has 0 spiro atoms. The van der Waals surface area contributed by atoms with Crippen molar-refractivity contribution in [3.05, 3.63) is 11.6 Å². The fourth-order valence-corrected chi connectivity index (χ4v) is 6.82. The largest absolute Gasteiger partial charge is 0.394 e. The van der Waals surface area contributed by atoms with Gasteiger partial charge in [-0.15, -0.1) is 0 Å². The number of hydrogen-bond donors (Lipinski definition) is 17. The fraction of sp³-hybridized carbons (Fsp3) is 0.903. The lowest BCUT2D eigenvalue weighted by Crippen LogP contribution is -2.68. The van der Waals surface area contributed by atoms with Crippen LogP contribution in [0.15, 0.2) is 11.6 Å². The molecule has 4 rings (SSSR count). The van der Waals surface area contributed by atoms with E-state index < -0.39 is 174 Å². The molecule has 4 aliphatic rings. The predicted molar refractivity (Wildman–Crippen MR) is 172 cm³/mol. The number of Topliss-reactive ketones (excluding diaryl/α,β-unsaturated/α-hetero) is 1. The maximum Gasteiger partial charge on any atom is 0.189 e. The van der Waals surface area contributed by atoms with Crippen molar-refractivity contribution in [3.8, 4) is 0 Å². The van der Waals surface area contributed by atoms with Gasteiger partial charge in [0, 0.05) is 0 Å². The molecular formula is C31H53NO23. The molecule has 3 heterocycles. The van der Waals surface area contributed by atoms with Crippen LogP contribution in [-0.4, -0.2) is 255 Å². The van der Waals surface area contributed by atoms with Gasteiger partial charge in [0.05, 0.1) is 44.6 Å². The summed E-state index contributed by atoms with van der Waals surface area (Å²) < 4.78 is 33.3. The Bertz CT molecular complexity index is 1250. The van der Waals surface area contributed by atoms with Crippen molar-refractivity contribution in [1.82, 2.24) is 5.32 Å². The first kappa shape index (κ1) is 46.2. The number of ether oxygens (including phenoxy) is 6. The second-order valence-electron chi connectivity index (χ2n) is 13.8. The van der Waals surface area contributed by atoms with Crippen LogP contribution in [-0.2, 0) is 33.2 Å². The van der Waals surface area contributed by atoms with Gasteiger partial charge >= 0.3 is 0 Å². The molecule has 24 nitrogen and oxygen atoms in total. The number of carbonyl (C=O) groups is 1. The Morgan fingerprint density at radius 1 is 0.709 bits per heavy atom. The molecule has 0 bridgehead atoms. The summed E-state index contributed by atoms with van der Waals surface area (Å²) in [5.41, 5.74) is -0.0113.